The van der Waals surface area contributed by atoms with E-state index < -0.39 is 5.97 Å². The second-order valence-electron chi connectivity index (χ2n) is 6.84. The molecule has 3 rings (SSSR count). The van der Waals surface area contributed by atoms with Gasteiger partial charge in [-0.2, -0.15) is 0 Å². The van der Waals surface area contributed by atoms with Crippen LogP contribution >= 0.6 is 0 Å². The van der Waals surface area contributed by atoms with Crippen molar-refractivity contribution in [3.05, 3.63) is 0 Å². The van der Waals surface area contributed by atoms with Gasteiger partial charge in [-0.3, -0.25) is 4.79 Å². The Bertz CT molecular complexity index is 395. The van der Waals surface area contributed by atoms with Gasteiger partial charge in [0.15, 0.2) is 0 Å². The van der Waals surface area contributed by atoms with Crippen LogP contribution in [-0.4, -0.2) is 41.6 Å². The van der Waals surface area contributed by atoms with Gasteiger partial charge < -0.3 is 15.3 Å². The van der Waals surface area contributed by atoms with Crippen molar-refractivity contribution in [1.82, 2.24) is 10.2 Å². The Kier molecular flexibility index (Phi) is 3.85. The molecule has 3 atom stereocenters. The summed E-state index contributed by atoms with van der Waals surface area (Å²) in [4.78, 5) is 24.5. The SMILES string of the molecule is O=C(O)CN(CC1CC1)C(=O)NCC1CC2CCC1C2. The Labute approximate surface area is 119 Å². The summed E-state index contributed by atoms with van der Waals surface area (Å²) in [6.07, 6.45) is 7.49. The van der Waals surface area contributed by atoms with Crippen molar-refractivity contribution in [3.63, 3.8) is 0 Å². The van der Waals surface area contributed by atoms with E-state index in [4.69, 9.17) is 5.11 Å². The zero-order valence-corrected chi connectivity index (χ0v) is 11.9. The Morgan fingerprint density at radius 2 is 1.95 bits per heavy atom. The van der Waals surface area contributed by atoms with Crippen molar-refractivity contribution < 1.29 is 14.7 Å². The summed E-state index contributed by atoms with van der Waals surface area (Å²) in [6.45, 7) is 1.13. The highest BCUT2D eigenvalue weighted by Crippen LogP contribution is 2.47. The first kappa shape index (κ1) is 13.7. The number of carboxylic acid groups (broad SMARTS) is 1. The molecule has 2 bridgehead atoms. The third-order valence-corrected chi connectivity index (χ3v) is 5.19. The molecular formula is C15H24N2O3. The molecule has 3 aliphatic rings. The predicted octanol–water partition coefficient (Wildman–Crippen LogP) is 1.93. The molecule has 2 amide bonds. The molecule has 0 spiro atoms. The standard InChI is InChI=1S/C15H24N2O3/c18-14(19)9-17(8-10-1-2-10)15(20)16-7-13-6-11-3-4-12(13)5-11/h10-13H,1-9H2,(H,16,20)(H,18,19). The van der Waals surface area contributed by atoms with E-state index >= 15 is 0 Å². The maximum absolute atomic E-state index is 12.2. The van der Waals surface area contributed by atoms with Crippen LogP contribution < -0.4 is 5.32 Å². The fourth-order valence-corrected chi connectivity index (χ4v) is 3.95. The Balaban J connectivity index is 1.46. The highest BCUT2D eigenvalue weighted by atomic mass is 16.4. The maximum Gasteiger partial charge on any atom is 0.323 e. The van der Waals surface area contributed by atoms with Crippen LogP contribution in [0.15, 0.2) is 0 Å². The van der Waals surface area contributed by atoms with Gasteiger partial charge in [-0.15, -0.1) is 0 Å². The summed E-state index contributed by atoms with van der Waals surface area (Å²) in [7, 11) is 0. The van der Waals surface area contributed by atoms with E-state index in [1.54, 1.807) is 0 Å². The maximum atomic E-state index is 12.2. The van der Waals surface area contributed by atoms with Gasteiger partial charge in [0.05, 0.1) is 0 Å². The normalized spacial score (nSPS) is 31.3. The fraction of sp³-hybridized carbons (Fsp3) is 0.867. The molecule has 0 saturated heterocycles. The topological polar surface area (TPSA) is 69.6 Å². The summed E-state index contributed by atoms with van der Waals surface area (Å²) in [5.74, 6) is 1.87. The molecule has 0 aliphatic heterocycles. The molecule has 3 saturated carbocycles. The summed E-state index contributed by atoms with van der Waals surface area (Å²) in [6, 6.07) is -0.193. The van der Waals surface area contributed by atoms with Gasteiger partial charge in [-0.25, -0.2) is 4.79 Å². The molecular weight excluding hydrogens is 256 g/mol. The third kappa shape index (κ3) is 3.25. The van der Waals surface area contributed by atoms with Crippen LogP contribution in [0.2, 0.25) is 0 Å². The number of amides is 2. The number of hydrogen-bond donors (Lipinski definition) is 2. The first-order valence-corrected chi connectivity index (χ1v) is 7.86. The molecule has 2 N–H and O–H groups in total. The van der Waals surface area contributed by atoms with Gasteiger partial charge in [-0.05, 0) is 55.8 Å². The van der Waals surface area contributed by atoms with Crippen molar-refractivity contribution >= 4 is 12.0 Å². The van der Waals surface area contributed by atoms with Gasteiger partial charge in [0.1, 0.15) is 6.54 Å². The number of rotatable bonds is 6. The van der Waals surface area contributed by atoms with E-state index in [1.807, 2.05) is 0 Å². The van der Waals surface area contributed by atoms with E-state index in [0.717, 1.165) is 31.2 Å². The second-order valence-corrected chi connectivity index (χ2v) is 6.84. The van der Waals surface area contributed by atoms with Crippen LogP contribution in [0.25, 0.3) is 0 Å². The lowest BCUT2D eigenvalue weighted by Crippen LogP contribution is -2.45. The number of carbonyl (C=O) groups is 2. The summed E-state index contributed by atoms with van der Waals surface area (Å²) in [5, 5.41) is 11.9. The summed E-state index contributed by atoms with van der Waals surface area (Å²) in [5.41, 5.74) is 0. The average Bonchev–Trinajstić information content (AvgIpc) is 2.98. The van der Waals surface area contributed by atoms with Gasteiger partial charge >= 0.3 is 12.0 Å². The molecule has 0 aromatic carbocycles. The average molecular weight is 280 g/mol. The van der Waals surface area contributed by atoms with Crippen LogP contribution in [-0.2, 0) is 4.79 Å². The van der Waals surface area contributed by atoms with E-state index in [-0.39, 0.29) is 12.6 Å². The Morgan fingerprint density at radius 3 is 2.50 bits per heavy atom. The lowest BCUT2D eigenvalue weighted by molar-refractivity contribution is -0.137. The van der Waals surface area contributed by atoms with Gasteiger partial charge in [0.25, 0.3) is 0 Å². The number of urea groups is 1. The van der Waals surface area contributed by atoms with Crippen molar-refractivity contribution in [2.45, 2.75) is 38.5 Å². The molecule has 3 aliphatic carbocycles. The summed E-state index contributed by atoms with van der Waals surface area (Å²) < 4.78 is 0. The number of carbonyl (C=O) groups excluding carboxylic acids is 1. The van der Waals surface area contributed by atoms with Crippen LogP contribution in [0.5, 0.6) is 0 Å². The van der Waals surface area contributed by atoms with E-state index in [2.05, 4.69) is 5.32 Å². The number of aliphatic carboxylic acids is 1. The zero-order valence-electron chi connectivity index (χ0n) is 11.9. The molecule has 3 fully saturated rings. The van der Waals surface area contributed by atoms with Crippen LogP contribution in [0.1, 0.15) is 38.5 Å². The molecule has 0 aromatic rings. The number of hydrogen-bond acceptors (Lipinski definition) is 2. The highest BCUT2D eigenvalue weighted by molar-refractivity contribution is 5.80. The predicted molar refractivity (Wildman–Crippen MR) is 74.3 cm³/mol. The number of nitrogens with zero attached hydrogens (tertiary/aromatic N) is 1. The highest BCUT2D eigenvalue weighted by Gasteiger charge is 2.39. The third-order valence-electron chi connectivity index (χ3n) is 5.19. The van der Waals surface area contributed by atoms with Gasteiger partial charge in [0, 0.05) is 13.1 Å². The van der Waals surface area contributed by atoms with Crippen molar-refractivity contribution in [2.24, 2.45) is 23.7 Å². The molecule has 0 heterocycles. The largest absolute Gasteiger partial charge is 0.480 e. The Hall–Kier alpha value is -1.26. The van der Waals surface area contributed by atoms with Crippen molar-refractivity contribution in [2.75, 3.05) is 19.6 Å². The molecule has 5 heteroatoms. The molecule has 0 radical (unpaired) electrons. The van der Waals surface area contributed by atoms with Crippen molar-refractivity contribution in [1.29, 1.82) is 0 Å². The zero-order chi connectivity index (χ0) is 14.1. The van der Waals surface area contributed by atoms with Gasteiger partial charge in [-0.1, -0.05) is 6.42 Å². The monoisotopic (exact) mass is 280 g/mol. The van der Waals surface area contributed by atoms with E-state index in [0.29, 0.717) is 18.4 Å². The van der Waals surface area contributed by atoms with Crippen LogP contribution in [0.4, 0.5) is 4.79 Å². The Morgan fingerprint density at radius 1 is 1.15 bits per heavy atom. The van der Waals surface area contributed by atoms with E-state index in [1.165, 1.54) is 30.6 Å². The lowest BCUT2D eigenvalue weighted by Gasteiger charge is -2.25. The minimum atomic E-state index is -0.930. The first-order chi connectivity index (χ1) is 9.61. The number of fused-ring (bicyclic) bond motifs is 2. The number of nitrogens with one attached hydrogen (secondary N) is 1. The lowest BCUT2D eigenvalue weighted by atomic mass is 9.89. The van der Waals surface area contributed by atoms with Crippen LogP contribution in [0.3, 0.4) is 0 Å². The minimum absolute atomic E-state index is 0.181. The molecule has 112 valence electrons. The minimum Gasteiger partial charge on any atom is -0.480 e. The summed E-state index contributed by atoms with van der Waals surface area (Å²) >= 11 is 0. The van der Waals surface area contributed by atoms with E-state index in [9.17, 15) is 9.59 Å². The first-order valence-electron chi connectivity index (χ1n) is 7.86. The quantitative estimate of drug-likeness (QED) is 0.781. The molecule has 20 heavy (non-hydrogen) atoms. The molecule has 0 aromatic heterocycles. The van der Waals surface area contributed by atoms with Crippen LogP contribution in [0, 0.1) is 23.7 Å². The van der Waals surface area contributed by atoms with Crippen molar-refractivity contribution in [3.8, 4) is 0 Å². The van der Waals surface area contributed by atoms with Gasteiger partial charge in [0.2, 0.25) is 0 Å². The number of carboxylic acids is 1. The molecule has 3 unspecified atom stereocenters. The second kappa shape index (κ2) is 5.62. The molecule has 5 nitrogen and oxygen atoms in total. The fourth-order valence-electron chi connectivity index (χ4n) is 3.95. The smallest absolute Gasteiger partial charge is 0.323 e.